The predicted molar refractivity (Wildman–Crippen MR) is 137 cm³/mol. The number of ether oxygens (including phenoxy) is 1. The SMILES string of the molecule is COc1ccc(-n2c(C(CC(C)C)NS(=O)(=O)c3ccc(N)cc3)nc3ccccc3c2=O)cc1. The molecular formula is C26H28N4O4S. The number of anilines is 1. The fourth-order valence-electron chi connectivity index (χ4n) is 3.94. The van der Waals surface area contributed by atoms with E-state index in [9.17, 15) is 13.2 Å². The lowest BCUT2D eigenvalue weighted by Crippen LogP contribution is -2.35. The zero-order valence-electron chi connectivity index (χ0n) is 19.8. The summed E-state index contributed by atoms with van der Waals surface area (Å²) in [7, 11) is -2.36. The first-order valence-electron chi connectivity index (χ1n) is 11.2. The van der Waals surface area contributed by atoms with Crippen LogP contribution in [0.2, 0.25) is 0 Å². The molecule has 1 heterocycles. The molecule has 0 amide bonds. The molecule has 0 bridgehead atoms. The van der Waals surface area contributed by atoms with Crippen molar-refractivity contribution in [1.82, 2.24) is 14.3 Å². The molecule has 3 N–H and O–H groups in total. The zero-order valence-corrected chi connectivity index (χ0v) is 20.6. The van der Waals surface area contributed by atoms with Crippen molar-refractivity contribution >= 4 is 26.6 Å². The lowest BCUT2D eigenvalue weighted by Gasteiger charge is -2.24. The van der Waals surface area contributed by atoms with Crippen LogP contribution >= 0.6 is 0 Å². The number of benzene rings is 3. The molecule has 0 aliphatic rings. The minimum Gasteiger partial charge on any atom is -0.497 e. The van der Waals surface area contributed by atoms with Gasteiger partial charge in [0, 0.05) is 5.69 Å². The van der Waals surface area contributed by atoms with Crippen molar-refractivity contribution in [3.8, 4) is 11.4 Å². The van der Waals surface area contributed by atoms with Crippen LogP contribution in [0.25, 0.3) is 16.6 Å². The van der Waals surface area contributed by atoms with Crippen LogP contribution in [0.1, 0.15) is 32.1 Å². The number of fused-ring (bicyclic) bond motifs is 1. The van der Waals surface area contributed by atoms with Gasteiger partial charge >= 0.3 is 0 Å². The molecule has 3 aromatic carbocycles. The van der Waals surface area contributed by atoms with Gasteiger partial charge < -0.3 is 10.5 Å². The third-order valence-corrected chi connectivity index (χ3v) is 7.13. The molecule has 4 aromatic rings. The Hall–Kier alpha value is -3.69. The number of aromatic nitrogens is 2. The van der Waals surface area contributed by atoms with Crippen LogP contribution in [0.5, 0.6) is 5.75 Å². The van der Waals surface area contributed by atoms with Gasteiger partial charge in [-0.1, -0.05) is 26.0 Å². The highest BCUT2D eigenvalue weighted by Crippen LogP contribution is 2.26. The number of rotatable bonds is 8. The Morgan fingerprint density at radius 3 is 2.29 bits per heavy atom. The van der Waals surface area contributed by atoms with Crippen LogP contribution in [-0.2, 0) is 10.0 Å². The molecule has 0 saturated heterocycles. The molecule has 9 heteroatoms. The van der Waals surface area contributed by atoms with Gasteiger partial charge in [0.05, 0.1) is 34.6 Å². The molecule has 8 nitrogen and oxygen atoms in total. The summed E-state index contributed by atoms with van der Waals surface area (Å²) in [5.41, 5.74) is 6.97. The van der Waals surface area contributed by atoms with Gasteiger partial charge in [0.25, 0.3) is 5.56 Å². The van der Waals surface area contributed by atoms with Gasteiger partial charge in [-0.25, -0.2) is 18.1 Å². The Morgan fingerprint density at radius 2 is 1.66 bits per heavy atom. The fraction of sp³-hybridized carbons (Fsp3) is 0.231. The van der Waals surface area contributed by atoms with Crippen LogP contribution in [0.3, 0.4) is 0 Å². The maximum atomic E-state index is 13.7. The second kappa shape index (κ2) is 9.89. The summed E-state index contributed by atoms with van der Waals surface area (Å²) in [5.74, 6) is 1.06. The fourth-order valence-corrected chi connectivity index (χ4v) is 5.15. The van der Waals surface area contributed by atoms with Crippen molar-refractivity contribution < 1.29 is 13.2 Å². The number of hydrogen-bond acceptors (Lipinski definition) is 6. The van der Waals surface area contributed by atoms with Crippen molar-refractivity contribution in [2.45, 2.75) is 31.2 Å². The largest absolute Gasteiger partial charge is 0.497 e. The molecule has 0 spiro atoms. The number of sulfonamides is 1. The summed E-state index contributed by atoms with van der Waals surface area (Å²) in [6.45, 7) is 3.97. The molecule has 35 heavy (non-hydrogen) atoms. The molecule has 0 fully saturated rings. The van der Waals surface area contributed by atoms with Gasteiger partial charge in [-0.3, -0.25) is 9.36 Å². The van der Waals surface area contributed by atoms with E-state index in [2.05, 4.69) is 4.72 Å². The van der Waals surface area contributed by atoms with E-state index >= 15 is 0 Å². The molecular weight excluding hydrogens is 464 g/mol. The van der Waals surface area contributed by atoms with Gasteiger partial charge in [0.15, 0.2) is 0 Å². The third-order valence-electron chi connectivity index (χ3n) is 5.64. The van der Waals surface area contributed by atoms with E-state index in [1.54, 1.807) is 55.6 Å². The first-order valence-corrected chi connectivity index (χ1v) is 12.7. The Balaban J connectivity index is 1.92. The van der Waals surface area contributed by atoms with Crippen LogP contribution in [0, 0.1) is 5.92 Å². The summed E-state index contributed by atoms with van der Waals surface area (Å²) < 4.78 is 36.1. The number of methoxy groups -OCH3 is 1. The van der Waals surface area contributed by atoms with E-state index in [0.29, 0.717) is 40.3 Å². The molecule has 4 rings (SSSR count). The lowest BCUT2D eigenvalue weighted by atomic mass is 10.0. The molecule has 0 aliphatic carbocycles. The first kappa shape index (κ1) is 24.4. The highest BCUT2D eigenvalue weighted by atomic mass is 32.2. The predicted octanol–water partition coefficient (Wildman–Crippen LogP) is 4.04. The van der Waals surface area contributed by atoms with Crippen molar-refractivity contribution in [3.05, 3.63) is 89.0 Å². The smallest absolute Gasteiger partial charge is 0.266 e. The van der Waals surface area contributed by atoms with Crippen LogP contribution in [0.15, 0.2) is 82.5 Å². The van der Waals surface area contributed by atoms with E-state index in [0.717, 1.165) is 0 Å². The number of nitrogens with two attached hydrogens (primary N) is 1. The summed E-state index contributed by atoms with van der Waals surface area (Å²) in [6, 6.07) is 19.2. The number of para-hydroxylation sites is 1. The monoisotopic (exact) mass is 492 g/mol. The van der Waals surface area contributed by atoms with Crippen molar-refractivity contribution in [2.75, 3.05) is 12.8 Å². The molecule has 1 unspecified atom stereocenters. The second-order valence-corrected chi connectivity index (χ2v) is 10.4. The van der Waals surface area contributed by atoms with Crippen molar-refractivity contribution in [3.63, 3.8) is 0 Å². The highest BCUT2D eigenvalue weighted by molar-refractivity contribution is 7.89. The average molecular weight is 493 g/mol. The summed E-state index contributed by atoms with van der Waals surface area (Å²) in [5, 5.41) is 0.441. The zero-order chi connectivity index (χ0) is 25.2. The van der Waals surface area contributed by atoms with Gasteiger partial charge in [-0.15, -0.1) is 0 Å². The van der Waals surface area contributed by atoms with E-state index in [-0.39, 0.29) is 16.4 Å². The Labute approximate surface area is 204 Å². The van der Waals surface area contributed by atoms with Crippen LogP contribution < -0.4 is 20.8 Å². The number of nitrogen functional groups attached to an aromatic ring is 1. The molecule has 182 valence electrons. The molecule has 0 aliphatic heterocycles. The highest BCUT2D eigenvalue weighted by Gasteiger charge is 2.27. The second-order valence-electron chi connectivity index (χ2n) is 8.70. The van der Waals surface area contributed by atoms with E-state index < -0.39 is 16.1 Å². The topological polar surface area (TPSA) is 116 Å². The Morgan fingerprint density at radius 1 is 1.00 bits per heavy atom. The third kappa shape index (κ3) is 5.21. The summed E-state index contributed by atoms with van der Waals surface area (Å²) >= 11 is 0. The molecule has 0 radical (unpaired) electrons. The summed E-state index contributed by atoms with van der Waals surface area (Å²) in [6.07, 6.45) is 0.426. The summed E-state index contributed by atoms with van der Waals surface area (Å²) in [4.78, 5) is 18.5. The quantitative estimate of drug-likeness (QED) is 0.359. The Bertz CT molecular complexity index is 1500. The van der Waals surface area contributed by atoms with Crippen LogP contribution in [0.4, 0.5) is 5.69 Å². The number of nitrogens with zero attached hydrogens (tertiary/aromatic N) is 2. The van der Waals surface area contributed by atoms with Gasteiger partial charge in [0.1, 0.15) is 11.6 Å². The van der Waals surface area contributed by atoms with Crippen molar-refractivity contribution in [2.24, 2.45) is 5.92 Å². The lowest BCUT2D eigenvalue weighted by molar-refractivity contribution is 0.414. The Kier molecular flexibility index (Phi) is 6.90. The van der Waals surface area contributed by atoms with E-state index in [1.165, 1.54) is 28.8 Å². The van der Waals surface area contributed by atoms with Gasteiger partial charge in [-0.05, 0) is 73.0 Å². The minimum absolute atomic E-state index is 0.0830. The number of nitrogens with one attached hydrogen (secondary N) is 1. The molecule has 1 aromatic heterocycles. The van der Waals surface area contributed by atoms with E-state index in [1.807, 2.05) is 13.8 Å². The normalized spacial score (nSPS) is 12.7. The number of hydrogen-bond donors (Lipinski definition) is 2. The standard InChI is InChI=1S/C26H28N4O4S/c1-17(2)16-24(29-35(32,33)21-14-8-18(27)9-15-21)25-28-23-7-5-4-6-22(23)26(31)30(25)19-10-12-20(34-3)13-11-19/h4-15,17,24,29H,16,27H2,1-3H3. The van der Waals surface area contributed by atoms with Crippen LogP contribution in [-0.4, -0.2) is 25.1 Å². The average Bonchev–Trinajstić information content (AvgIpc) is 2.83. The van der Waals surface area contributed by atoms with Gasteiger partial charge in [-0.2, -0.15) is 0 Å². The molecule has 1 atom stereocenters. The van der Waals surface area contributed by atoms with Crippen molar-refractivity contribution in [1.29, 1.82) is 0 Å². The minimum atomic E-state index is -3.93. The van der Waals surface area contributed by atoms with Gasteiger partial charge in [0.2, 0.25) is 10.0 Å². The molecule has 0 saturated carbocycles. The van der Waals surface area contributed by atoms with E-state index in [4.69, 9.17) is 15.5 Å². The first-order chi connectivity index (χ1) is 16.7. The maximum Gasteiger partial charge on any atom is 0.266 e. The maximum absolute atomic E-state index is 13.7.